The van der Waals surface area contributed by atoms with Crippen molar-refractivity contribution < 1.29 is 19.1 Å². The number of carbonyl (C=O) groups is 2. The maximum atomic E-state index is 11.3. The Morgan fingerprint density at radius 1 is 1.35 bits per heavy atom. The highest BCUT2D eigenvalue weighted by molar-refractivity contribution is 6.31. The Bertz CT molecular complexity index is 340. The van der Waals surface area contributed by atoms with Crippen molar-refractivity contribution in [1.82, 2.24) is 0 Å². The highest BCUT2D eigenvalue weighted by atomic mass is 35.5. The third kappa shape index (κ3) is 6.79. The van der Waals surface area contributed by atoms with Gasteiger partial charge in [-0.15, -0.1) is 0 Å². The van der Waals surface area contributed by atoms with Crippen LogP contribution in [-0.2, 0) is 19.1 Å². The van der Waals surface area contributed by atoms with Crippen LogP contribution in [0.3, 0.4) is 0 Å². The molecule has 0 amide bonds. The third-order valence-electron chi connectivity index (χ3n) is 1.92. The second kappa shape index (κ2) is 7.90. The van der Waals surface area contributed by atoms with Crippen molar-refractivity contribution in [2.45, 2.75) is 20.8 Å². The summed E-state index contributed by atoms with van der Waals surface area (Å²) in [6.45, 7) is 5.08. The van der Waals surface area contributed by atoms with E-state index in [9.17, 15) is 9.59 Å². The Balaban J connectivity index is 4.52. The molecule has 0 aromatic heterocycles. The summed E-state index contributed by atoms with van der Waals surface area (Å²) in [4.78, 5) is 21.9. The molecule has 0 bridgehead atoms. The van der Waals surface area contributed by atoms with Gasteiger partial charge in [-0.05, 0) is 6.92 Å². The van der Waals surface area contributed by atoms with Gasteiger partial charge in [0.05, 0.1) is 19.3 Å². The first kappa shape index (κ1) is 15.7. The second-order valence-electron chi connectivity index (χ2n) is 3.58. The fourth-order valence-corrected chi connectivity index (χ4v) is 1.14. The van der Waals surface area contributed by atoms with E-state index in [4.69, 9.17) is 16.3 Å². The first-order chi connectivity index (χ1) is 7.88. The van der Waals surface area contributed by atoms with Crippen molar-refractivity contribution in [2.24, 2.45) is 5.92 Å². The van der Waals surface area contributed by atoms with Gasteiger partial charge in [-0.2, -0.15) is 0 Å². The molecule has 0 heterocycles. The van der Waals surface area contributed by atoms with Crippen LogP contribution in [0.1, 0.15) is 20.8 Å². The smallest absolute Gasteiger partial charge is 0.339 e. The molecule has 0 aliphatic rings. The number of allylic oxidation sites excluding steroid dienone is 1. The van der Waals surface area contributed by atoms with E-state index in [1.165, 1.54) is 14.0 Å². The molecule has 1 unspecified atom stereocenters. The van der Waals surface area contributed by atoms with Crippen LogP contribution in [-0.4, -0.2) is 25.7 Å². The van der Waals surface area contributed by atoms with E-state index < -0.39 is 5.97 Å². The third-order valence-corrected chi connectivity index (χ3v) is 2.12. The molecule has 17 heavy (non-hydrogen) atoms. The fourth-order valence-electron chi connectivity index (χ4n) is 0.998. The number of carbonyl (C=O) groups excluding carboxylic acids is 2. The number of hydrogen-bond donors (Lipinski definition) is 0. The van der Waals surface area contributed by atoms with Gasteiger partial charge in [0.25, 0.3) is 0 Å². The van der Waals surface area contributed by atoms with Gasteiger partial charge in [-0.1, -0.05) is 30.7 Å². The lowest BCUT2D eigenvalue weighted by Gasteiger charge is -2.06. The van der Waals surface area contributed by atoms with E-state index >= 15 is 0 Å². The van der Waals surface area contributed by atoms with Gasteiger partial charge in [-0.25, -0.2) is 4.79 Å². The SMILES string of the molecule is COC(=O)C(/C=C\C(C)COC(C)=O)=C(/C)Cl. The van der Waals surface area contributed by atoms with E-state index in [1.807, 2.05) is 6.92 Å². The molecule has 96 valence electrons. The maximum absolute atomic E-state index is 11.3. The average Bonchev–Trinajstić information content (AvgIpc) is 2.25. The molecule has 0 rings (SSSR count). The molecule has 0 aromatic rings. The van der Waals surface area contributed by atoms with Crippen LogP contribution in [0.2, 0.25) is 0 Å². The molecule has 0 saturated carbocycles. The van der Waals surface area contributed by atoms with Gasteiger partial charge in [-0.3, -0.25) is 4.79 Å². The summed E-state index contributed by atoms with van der Waals surface area (Å²) in [5, 5.41) is 0.354. The Labute approximate surface area is 106 Å². The van der Waals surface area contributed by atoms with Gasteiger partial charge < -0.3 is 9.47 Å². The van der Waals surface area contributed by atoms with Crippen molar-refractivity contribution in [3.05, 3.63) is 22.8 Å². The van der Waals surface area contributed by atoms with Gasteiger partial charge >= 0.3 is 11.9 Å². The molecule has 5 heteroatoms. The van der Waals surface area contributed by atoms with Crippen LogP contribution in [0.25, 0.3) is 0 Å². The zero-order valence-corrected chi connectivity index (χ0v) is 11.2. The molecule has 0 saturated heterocycles. The molecule has 0 spiro atoms. The highest BCUT2D eigenvalue weighted by Gasteiger charge is 2.09. The predicted molar refractivity (Wildman–Crippen MR) is 65.5 cm³/mol. The number of rotatable bonds is 5. The molecule has 1 atom stereocenters. The number of hydrogen-bond acceptors (Lipinski definition) is 4. The van der Waals surface area contributed by atoms with E-state index in [2.05, 4.69) is 4.74 Å². The normalized spacial score (nSPS) is 14.2. The zero-order chi connectivity index (χ0) is 13.4. The molecular weight excluding hydrogens is 244 g/mol. The quantitative estimate of drug-likeness (QED) is 0.433. The van der Waals surface area contributed by atoms with Crippen molar-refractivity contribution in [3.63, 3.8) is 0 Å². The van der Waals surface area contributed by atoms with E-state index in [1.54, 1.807) is 19.1 Å². The number of halogens is 1. The number of esters is 2. The summed E-state index contributed by atoms with van der Waals surface area (Å²) in [7, 11) is 1.29. The first-order valence-corrected chi connectivity index (χ1v) is 5.52. The molecule has 4 nitrogen and oxygen atoms in total. The average molecular weight is 261 g/mol. The Kier molecular flexibility index (Phi) is 7.30. The van der Waals surface area contributed by atoms with Crippen LogP contribution in [0.4, 0.5) is 0 Å². The maximum Gasteiger partial charge on any atom is 0.339 e. The second-order valence-corrected chi connectivity index (χ2v) is 4.14. The summed E-state index contributed by atoms with van der Waals surface area (Å²) in [5.74, 6) is -0.828. The molecule has 0 radical (unpaired) electrons. The van der Waals surface area contributed by atoms with Crippen molar-refractivity contribution in [1.29, 1.82) is 0 Å². The first-order valence-electron chi connectivity index (χ1n) is 5.14. The minimum Gasteiger partial charge on any atom is -0.465 e. The lowest BCUT2D eigenvalue weighted by molar-refractivity contribution is -0.141. The van der Waals surface area contributed by atoms with Crippen LogP contribution in [0.5, 0.6) is 0 Å². The van der Waals surface area contributed by atoms with Crippen LogP contribution in [0, 0.1) is 5.92 Å². The minimum absolute atomic E-state index is 0.00503. The van der Waals surface area contributed by atoms with E-state index in [0.717, 1.165) is 0 Å². The largest absolute Gasteiger partial charge is 0.465 e. The van der Waals surface area contributed by atoms with Gasteiger partial charge in [0, 0.05) is 17.9 Å². The topological polar surface area (TPSA) is 52.6 Å². The standard InChI is InChI=1S/C12H17ClO4/c1-8(7-17-10(3)14)5-6-11(9(2)13)12(15)16-4/h5-6,8H,7H2,1-4H3/b6-5-,11-9-. The molecule has 0 aliphatic heterocycles. The summed E-state index contributed by atoms with van der Waals surface area (Å²) >= 11 is 5.77. The van der Waals surface area contributed by atoms with Crippen molar-refractivity contribution in [3.8, 4) is 0 Å². The number of methoxy groups -OCH3 is 1. The van der Waals surface area contributed by atoms with Crippen molar-refractivity contribution in [2.75, 3.05) is 13.7 Å². The minimum atomic E-state index is -0.492. The Morgan fingerprint density at radius 3 is 2.35 bits per heavy atom. The summed E-state index contributed by atoms with van der Waals surface area (Å²) in [6, 6.07) is 0. The van der Waals surface area contributed by atoms with Crippen molar-refractivity contribution >= 4 is 23.5 Å². The molecule has 0 fully saturated rings. The molecular formula is C12H17ClO4. The summed E-state index contributed by atoms with van der Waals surface area (Å²) in [5.41, 5.74) is 0.295. The molecule has 0 aromatic carbocycles. The molecule has 0 aliphatic carbocycles. The molecule has 0 N–H and O–H groups in total. The fraction of sp³-hybridized carbons (Fsp3) is 0.500. The number of ether oxygens (including phenoxy) is 2. The van der Waals surface area contributed by atoms with Crippen LogP contribution < -0.4 is 0 Å². The monoisotopic (exact) mass is 260 g/mol. The van der Waals surface area contributed by atoms with Crippen LogP contribution >= 0.6 is 11.6 Å². The van der Waals surface area contributed by atoms with Gasteiger partial charge in [0.1, 0.15) is 0 Å². The van der Waals surface area contributed by atoms with E-state index in [0.29, 0.717) is 10.6 Å². The lowest BCUT2D eigenvalue weighted by Crippen LogP contribution is -2.08. The summed E-state index contributed by atoms with van der Waals surface area (Å²) in [6.07, 6.45) is 3.31. The lowest BCUT2D eigenvalue weighted by atomic mass is 10.1. The Morgan fingerprint density at radius 2 is 1.94 bits per heavy atom. The predicted octanol–water partition coefficient (Wildman–Crippen LogP) is 2.43. The zero-order valence-electron chi connectivity index (χ0n) is 10.5. The van der Waals surface area contributed by atoms with E-state index in [-0.39, 0.29) is 18.5 Å². The van der Waals surface area contributed by atoms with Crippen LogP contribution in [0.15, 0.2) is 22.8 Å². The van der Waals surface area contributed by atoms with Gasteiger partial charge in [0.2, 0.25) is 0 Å². The Hall–Kier alpha value is -1.29. The highest BCUT2D eigenvalue weighted by Crippen LogP contribution is 2.13. The summed E-state index contributed by atoms with van der Waals surface area (Å²) < 4.78 is 9.41. The van der Waals surface area contributed by atoms with Gasteiger partial charge in [0.15, 0.2) is 0 Å².